The van der Waals surface area contributed by atoms with Crippen LogP contribution in [-0.2, 0) is 5.44 Å². The smallest absolute Gasteiger partial charge is 0.147 e. The predicted molar refractivity (Wildman–Crippen MR) is 146 cm³/mol. The van der Waals surface area contributed by atoms with Gasteiger partial charge in [0.15, 0.2) is 0 Å². The number of nitriles is 1. The van der Waals surface area contributed by atoms with Crippen molar-refractivity contribution in [2.75, 3.05) is 24.3 Å². The molecule has 0 bridgehead atoms. The van der Waals surface area contributed by atoms with Crippen LogP contribution in [0.15, 0.2) is 48.8 Å². The zero-order chi connectivity index (χ0) is 27.1. The minimum absolute atomic E-state index is 0.0232. The fraction of sp³-hybridized carbons (Fsp3) is 0.357. The Labute approximate surface area is 222 Å². The summed E-state index contributed by atoms with van der Waals surface area (Å²) < 4.78 is 21.3. The predicted octanol–water partition coefficient (Wildman–Crippen LogP) is 5.12. The Morgan fingerprint density at radius 1 is 1.21 bits per heavy atom. The molecule has 2 N–H and O–H groups in total. The quantitative estimate of drug-likeness (QED) is 0.318. The van der Waals surface area contributed by atoms with Crippen molar-refractivity contribution in [3.8, 4) is 11.8 Å². The van der Waals surface area contributed by atoms with E-state index in [-0.39, 0.29) is 11.2 Å². The van der Waals surface area contributed by atoms with E-state index < -0.39 is 5.44 Å². The molecule has 1 atom stereocenters. The molecule has 1 aliphatic rings. The summed E-state index contributed by atoms with van der Waals surface area (Å²) in [5, 5.41) is 26.0. The summed E-state index contributed by atoms with van der Waals surface area (Å²) >= 11 is 0. The van der Waals surface area contributed by atoms with Gasteiger partial charge in [-0.1, -0.05) is 38.1 Å². The van der Waals surface area contributed by atoms with Crippen molar-refractivity contribution in [2.24, 2.45) is 5.41 Å². The summed E-state index contributed by atoms with van der Waals surface area (Å²) in [4.78, 5) is 4.51. The van der Waals surface area contributed by atoms with Gasteiger partial charge < -0.3 is 15.4 Å². The third kappa shape index (κ3) is 5.01. The van der Waals surface area contributed by atoms with E-state index in [1.165, 1.54) is 12.1 Å². The van der Waals surface area contributed by atoms with Crippen LogP contribution < -0.4 is 15.4 Å². The Kier molecular flexibility index (Phi) is 6.47. The van der Waals surface area contributed by atoms with Crippen LogP contribution in [0.25, 0.3) is 10.9 Å². The van der Waals surface area contributed by atoms with E-state index in [1.54, 1.807) is 31.5 Å². The number of hydrogen-bond donors (Lipinski definition) is 2. The van der Waals surface area contributed by atoms with E-state index in [4.69, 9.17) is 12.6 Å². The van der Waals surface area contributed by atoms with Gasteiger partial charge in [0.25, 0.3) is 0 Å². The molecule has 10 heteroatoms. The standard InChI is InChI=1S/C28H29BFN7O/c1-27(2,3)16-33-25-17(13-31)14-32-26-22(25)11-20(12-23(26)38-4)34-28(29,18-5-7-19(30)8-6-18)24-15-37(36-35-24)21-9-10-21/h5-8,11-12,14-15,21,34H,9-10,16H2,1-4H3,(H,32,33). The second-order valence-electron chi connectivity index (χ2n) is 10.9. The van der Waals surface area contributed by atoms with Gasteiger partial charge in [0.05, 0.1) is 36.0 Å². The number of nitrogens with one attached hydrogen (secondary N) is 2. The van der Waals surface area contributed by atoms with Crippen molar-refractivity contribution in [3.05, 3.63) is 71.4 Å². The number of fused-ring (bicyclic) bond motifs is 1. The molecule has 8 nitrogen and oxygen atoms in total. The number of nitrogens with zero attached hydrogens (tertiary/aromatic N) is 5. The van der Waals surface area contributed by atoms with Crippen LogP contribution in [-0.4, -0.2) is 41.5 Å². The number of halogens is 1. The summed E-state index contributed by atoms with van der Waals surface area (Å²) in [7, 11) is 8.60. The molecule has 0 amide bonds. The molecule has 1 saturated carbocycles. The topological polar surface area (TPSA) is 101 Å². The van der Waals surface area contributed by atoms with Gasteiger partial charge in [0, 0.05) is 29.9 Å². The maximum absolute atomic E-state index is 13.8. The van der Waals surface area contributed by atoms with Crippen molar-refractivity contribution < 1.29 is 9.13 Å². The van der Waals surface area contributed by atoms with Crippen molar-refractivity contribution >= 4 is 30.1 Å². The van der Waals surface area contributed by atoms with E-state index >= 15 is 0 Å². The number of aromatic nitrogens is 4. The lowest BCUT2D eigenvalue weighted by Crippen LogP contribution is -2.37. The molecule has 0 aliphatic heterocycles. The van der Waals surface area contributed by atoms with Crippen LogP contribution in [0.5, 0.6) is 5.75 Å². The van der Waals surface area contributed by atoms with E-state index in [0.29, 0.717) is 57.4 Å². The van der Waals surface area contributed by atoms with Crippen LogP contribution in [0.4, 0.5) is 15.8 Å². The first kappa shape index (κ1) is 25.5. The summed E-state index contributed by atoms with van der Waals surface area (Å²) in [5.74, 6) is 0.145. The normalized spacial score (nSPS) is 15.1. The molecule has 2 radical (unpaired) electrons. The van der Waals surface area contributed by atoms with Crippen molar-refractivity contribution in [1.82, 2.24) is 20.0 Å². The van der Waals surface area contributed by atoms with Crippen molar-refractivity contribution in [2.45, 2.75) is 45.1 Å². The van der Waals surface area contributed by atoms with Crippen molar-refractivity contribution in [1.29, 1.82) is 5.26 Å². The summed E-state index contributed by atoms with van der Waals surface area (Å²) in [6.45, 7) is 6.98. The molecule has 2 aromatic carbocycles. The minimum Gasteiger partial charge on any atom is -0.494 e. The van der Waals surface area contributed by atoms with Crippen LogP contribution in [0.2, 0.25) is 0 Å². The number of rotatable bonds is 8. The lowest BCUT2D eigenvalue weighted by atomic mass is 9.69. The molecule has 1 unspecified atom stereocenters. The highest BCUT2D eigenvalue weighted by Gasteiger charge is 2.34. The summed E-state index contributed by atoms with van der Waals surface area (Å²) in [5.41, 5.74) is 2.05. The molecule has 4 aromatic rings. The highest BCUT2D eigenvalue weighted by atomic mass is 19.1. The molecule has 192 valence electrons. The Hall–Kier alpha value is -4.13. The number of anilines is 2. The fourth-order valence-corrected chi connectivity index (χ4v) is 4.33. The minimum atomic E-state index is -1.33. The van der Waals surface area contributed by atoms with Crippen LogP contribution in [0.3, 0.4) is 0 Å². The van der Waals surface area contributed by atoms with E-state index in [2.05, 4.69) is 52.8 Å². The maximum atomic E-state index is 13.8. The van der Waals surface area contributed by atoms with Gasteiger partial charge in [-0.2, -0.15) is 5.26 Å². The zero-order valence-electron chi connectivity index (χ0n) is 21.9. The van der Waals surface area contributed by atoms with Crippen LogP contribution in [0.1, 0.15) is 56.5 Å². The van der Waals surface area contributed by atoms with E-state index in [1.807, 2.05) is 16.9 Å². The highest BCUT2D eigenvalue weighted by molar-refractivity contribution is 6.19. The highest BCUT2D eigenvalue weighted by Crippen LogP contribution is 2.39. The lowest BCUT2D eigenvalue weighted by Gasteiger charge is -2.32. The number of benzene rings is 2. The Bertz CT molecular complexity index is 1520. The lowest BCUT2D eigenvalue weighted by molar-refractivity contribution is 0.419. The number of pyridine rings is 1. The molecule has 0 spiro atoms. The Morgan fingerprint density at radius 3 is 2.58 bits per heavy atom. The largest absolute Gasteiger partial charge is 0.494 e. The average Bonchev–Trinajstić information content (AvgIpc) is 3.62. The Balaban J connectivity index is 1.64. The third-order valence-electron chi connectivity index (χ3n) is 6.55. The van der Waals surface area contributed by atoms with Gasteiger partial charge >= 0.3 is 0 Å². The second kappa shape index (κ2) is 9.64. The molecule has 1 aliphatic carbocycles. The molecule has 38 heavy (non-hydrogen) atoms. The summed E-state index contributed by atoms with van der Waals surface area (Å²) in [6.07, 6.45) is 5.47. The average molecular weight is 509 g/mol. The monoisotopic (exact) mass is 509 g/mol. The molecular weight excluding hydrogens is 480 g/mol. The third-order valence-corrected chi connectivity index (χ3v) is 6.55. The number of hydrogen-bond acceptors (Lipinski definition) is 7. The molecule has 2 heterocycles. The van der Waals surface area contributed by atoms with Gasteiger partial charge in [-0.05, 0) is 42.0 Å². The first-order valence-corrected chi connectivity index (χ1v) is 12.5. The SMILES string of the molecule is [B]C(Nc1cc(OC)c2ncc(C#N)c(NCC(C)(C)C)c2c1)(c1ccc(F)cc1)c1cn(C2CC2)nn1. The van der Waals surface area contributed by atoms with Gasteiger partial charge in [-0.3, -0.25) is 4.98 Å². The summed E-state index contributed by atoms with van der Waals surface area (Å²) in [6, 6.07) is 12.2. The van der Waals surface area contributed by atoms with Gasteiger partial charge in [-0.15, -0.1) is 5.10 Å². The van der Waals surface area contributed by atoms with Gasteiger partial charge in [0.2, 0.25) is 0 Å². The molecule has 5 rings (SSSR count). The van der Waals surface area contributed by atoms with Crippen LogP contribution >= 0.6 is 0 Å². The van der Waals surface area contributed by atoms with Crippen molar-refractivity contribution in [3.63, 3.8) is 0 Å². The molecular formula is C28H29BFN7O. The van der Waals surface area contributed by atoms with Gasteiger partial charge in [0.1, 0.15) is 36.7 Å². The van der Waals surface area contributed by atoms with E-state index in [9.17, 15) is 9.65 Å². The first-order valence-electron chi connectivity index (χ1n) is 12.5. The van der Waals surface area contributed by atoms with Gasteiger partial charge in [-0.25, -0.2) is 9.07 Å². The second-order valence-corrected chi connectivity index (χ2v) is 10.9. The number of ether oxygens (including phenoxy) is 1. The maximum Gasteiger partial charge on any atom is 0.147 e. The van der Waals surface area contributed by atoms with E-state index in [0.717, 1.165) is 12.8 Å². The first-order chi connectivity index (χ1) is 18.1. The molecule has 0 saturated heterocycles. The fourth-order valence-electron chi connectivity index (χ4n) is 4.33. The molecule has 2 aromatic heterocycles. The van der Waals surface area contributed by atoms with Crippen LogP contribution in [0, 0.1) is 22.6 Å². The number of methoxy groups -OCH3 is 1. The molecule has 1 fully saturated rings. The zero-order valence-corrected chi connectivity index (χ0v) is 21.9. The Morgan fingerprint density at radius 2 is 1.95 bits per heavy atom.